The zero-order valence-corrected chi connectivity index (χ0v) is 18.7. The van der Waals surface area contributed by atoms with Gasteiger partial charge in [-0.05, 0) is 49.8 Å². The lowest BCUT2D eigenvalue weighted by molar-refractivity contribution is 0.0215. The van der Waals surface area contributed by atoms with Crippen molar-refractivity contribution in [1.82, 2.24) is 20.2 Å². The van der Waals surface area contributed by atoms with Gasteiger partial charge in [0.05, 0.1) is 5.69 Å². The monoisotopic (exact) mass is 439 g/mol. The van der Waals surface area contributed by atoms with Crippen molar-refractivity contribution < 1.29 is 9.18 Å². The third-order valence-corrected chi connectivity index (χ3v) is 7.83. The first-order chi connectivity index (χ1) is 15.4. The van der Waals surface area contributed by atoms with E-state index in [1.807, 2.05) is 17.9 Å². The van der Waals surface area contributed by atoms with Crippen LogP contribution in [0.1, 0.15) is 53.8 Å². The van der Waals surface area contributed by atoms with Crippen molar-refractivity contribution in [2.45, 2.75) is 44.1 Å². The van der Waals surface area contributed by atoms with Gasteiger partial charge in [0.15, 0.2) is 0 Å². The maximum absolute atomic E-state index is 14.6. The highest BCUT2D eigenvalue weighted by Gasteiger charge is 2.59. The van der Waals surface area contributed by atoms with Crippen LogP contribution >= 0.6 is 0 Å². The molecular formula is C24H30FN5O2. The number of halogens is 1. The summed E-state index contributed by atoms with van der Waals surface area (Å²) in [5.41, 5.74) is 2.74. The van der Waals surface area contributed by atoms with E-state index in [0.29, 0.717) is 17.5 Å². The number of amides is 1. The molecule has 2 aromatic rings. The van der Waals surface area contributed by atoms with Gasteiger partial charge in [-0.2, -0.15) is 4.39 Å². The highest BCUT2D eigenvalue weighted by Crippen LogP contribution is 2.61. The second-order valence-corrected chi connectivity index (χ2v) is 9.38. The third kappa shape index (κ3) is 3.41. The first-order valence-electron chi connectivity index (χ1n) is 11.5. The molecule has 170 valence electrons. The van der Waals surface area contributed by atoms with Crippen LogP contribution < -0.4 is 15.8 Å². The van der Waals surface area contributed by atoms with Gasteiger partial charge in [0, 0.05) is 55.9 Å². The quantitative estimate of drug-likeness (QED) is 0.699. The standard InChI is InChI=1S/C24H30FN5O2/c1-3-15-4-5-18(28-22(15)31)17-14-24(12-16(17)13-24)30-10-8-29(9-11-30)20-7-6-19(23(32)26-2)27-21(20)25/h4-7,16-17H,3,8-14H2,1-2H3,(H,26,32)(H,28,31). The number of nitrogens with one attached hydrogen (secondary N) is 2. The second kappa shape index (κ2) is 7.99. The number of hydrogen-bond donors (Lipinski definition) is 2. The number of carbonyl (C=O) groups is 1. The Morgan fingerprint density at radius 3 is 2.56 bits per heavy atom. The van der Waals surface area contributed by atoms with Crippen LogP contribution in [-0.4, -0.2) is 59.5 Å². The predicted molar refractivity (Wildman–Crippen MR) is 121 cm³/mol. The Hall–Kier alpha value is -2.74. The molecule has 2 bridgehead atoms. The van der Waals surface area contributed by atoms with Crippen molar-refractivity contribution in [3.63, 3.8) is 0 Å². The van der Waals surface area contributed by atoms with Crippen molar-refractivity contribution in [2.24, 2.45) is 5.92 Å². The van der Waals surface area contributed by atoms with Crippen LogP contribution in [0, 0.1) is 11.9 Å². The molecule has 1 aliphatic heterocycles. The minimum absolute atomic E-state index is 0.0508. The van der Waals surface area contributed by atoms with Crippen molar-refractivity contribution in [1.29, 1.82) is 0 Å². The second-order valence-electron chi connectivity index (χ2n) is 9.38. The van der Waals surface area contributed by atoms with Crippen molar-refractivity contribution >= 4 is 11.6 Å². The maximum Gasteiger partial charge on any atom is 0.269 e. The molecule has 3 saturated carbocycles. The summed E-state index contributed by atoms with van der Waals surface area (Å²) in [5, 5.41) is 2.47. The molecule has 4 aliphatic rings. The lowest BCUT2D eigenvalue weighted by Crippen LogP contribution is -2.59. The minimum atomic E-state index is -0.596. The molecule has 6 rings (SSSR count). The Balaban J connectivity index is 1.24. The Bertz CT molecular complexity index is 1090. The number of anilines is 1. The van der Waals surface area contributed by atoms with Crippen molar-refractivity contribution in [3.05, 3.63) is 57.5 Å². The average Bonchev–Trinajstić information content (AvgIpc) is 3.36. The molecule has 2 N–H and O–H groups in total. The van der Waals surface area contributed by atoms with E-state index in [1.165, 1.54) is 19.9 Å². The van der Waals surface area contributed by atoms with E-state index in [9.17, 15) is 14.0 Å². The van der Waals surface area contributed by atoms with Gasteiger partial charge >= 0.3 is 0 Å². The number of carbonyl (C=O) groups excluding carboxylic acids is 1. The number of H-pyrrole nitrogens is 1. The van der Waals surface area contributed by atoms with Gasteiger partial charge in [-0.1, -0.05) is 13.0 Å². The zero-order chi connectivity index (χ0) is 22.5. The molecule has 32 heavy (non-hydrogen) atoms. The van der Waals surface area contributed by atoms with Gasteiger partial charge in [-0.3, -0.25) is 14.5 Å². The number of pyridine rings is 2. The SMILES string of the molecule is CCc1ccc(C2CC3(N4CCN(c5ccc(C(=O)NC)nc5F)CC4)CC2C3)[nH]c1=O. The summed E-state index contributed by atoms with van der Waals surface area (Å²) in [6.07, 6.45) is 4.18. The summed E-state index contributed by atoms with van der Waals surface area (Å²) < 4.78 is 14.6. The Kier molecular flexibility index (Phi) is 5.28. The molecule has 4 fully saturated rings. The molecule has 3 heterocycles. The highest BCUT2D eigenvalue weighted by atomic mass is 19.1. The number of aromatic amines is 1. The zero-order valence-electron chi connectivity index (χ0n) is 18.7. The Morgan fingerprint density at radius 1 is 1.19 bits per heavy atom. The summed E-state index contributed by atoms with van der Waals surface area (Å²) in [6.45, 7) is 5.22. The lowest BCUT2D eigenvalue weighted by Gasteiger charge is -2.51. The van der Waals surface area contributed by atoms with E-state index in [0.717, 1.165) is 50.3 Å². The molecule has 2 aromatic heterocycles. The van der Waals surface area contributed by atoms with E-state index in [4.69, 9.17) is 0 Å². The van der Waals surface area contributed by atoms with Gasteiger partial charge in [0.1, 0.15) is 5.69 Å². The van der Waals surface area contributed by atoms with Crippen molar-refractivity contribution in [3.8, 4) is 0 Å². The fourth-order valence-corrected chi connectivity index (χ4v) is 6.05. The number of rotatable bonds is 5. The first kappa shape index (κ1) is 21.1. The van der Waals surface area contributed by atoms with E-state index < -0.39 is 5.95 Å². The number of fused-ring (bicyclic) bond motifs is 1. The molecule has 0 spiro atoms. The normalized spacial score (nSPS) is 27.3. The molecule has 3 aliphatic carbocycles. The molecule has 1 amide bonds. The van der Waals surface area contributed by atoms with Crippen LogP contribution in [0.2, 0.25) is 0 Å². The number of piperazine rings is 1. The molecule has 1 atom stereocenters. The van der Waals surface area contributed by atoms with Crippen LogP contribution in [0.5, 0.6) is 0 Å². The van der Waals surface area contributed by atoms with E-state index >= 15 is 0 Å². The molecule has 0 radical (unpaired) electrons. The predicted octanol–water partition coefficient (Wildman–Crippen LogP) is 2.29. The van der Waals surface area contributed by atoms with Crippen LogP contribution in [0.3, 0.4) is 0 Å². The molecule has 7 nitrogen and oxygen atoms in total. The summed E-state index contributed by atoms with van der Waals surface area (Å²) in [4.78, 5) is 35.5. The van der Waals surface area contributed by atoms with E-state index in [-0.39, 0.29) is 22.7 Å². The van der Waals surface area contributed by atoms with Crippen LogP contribution in [-0.2, 0) is 6.42 Å². The van der Waals surface area contributed by atoms with Gasteiger partial charge in [-0.25, -0.2) is 4.98 Å². The topological polar surface area (TPSA) is 81.3 Å². The average molecular weight is 440 g/mol. The highest BCUT2D eigenvalue weighted by molar-refractivity contribution is 5.92. The van der Waals surface area contributed by atoms with Crippen molar-refractivity contribution in [2.75, 3.05) is 38.1 Å². The Labute approximate surface area is 187 Å². The fourth-order valence-electron chi connectivity index (χ4n) is 6.05. The van der Waals surface area contributed by atoms with E-state index in [1.54, 1.807) is 12.1 Å². The van der Waals surface area contributed by atoms with Crippen LogP contribution in [0.15, 0.2) is 29.1 Å². The summed E-state index contributed by atoms with van der Waals surface area (Å²) in [7, 11) is 1.50. The number of aryl methyl sites for hydroxylation is 1. The van der Waals surface area contributed by atoms with E-state index in [2.05, 4.69) is 26.3 Å². The van der Waals surface area contributed by atoms with Gasteiger partial charge in [0.2, 0.25) is 5.95 Å². The van der Waals surface area contributed by atoms with Gasteiger partial charge < -0.3 is 15.2 Å². The number of aromatic nitrogens is 2. The summed E-state index contributed by atoms with van der Waals surface area (Å²) in [5.74, 6) is 0.0720. The van der Waals surface area contributed by atoms with Gasteiger partial charge in [-0.15, -0.1) is 0 Å². The summed E-state index contributed by atoms with van der Waals surface area (Å²) >= 11 is 0. The lowest BCUT2D eigenvalue weighted by atomic mass is 9.74. The van der Waals surface area contributed by atoms with Crippen LogP contribution in [0.4, 0.5) is 10.1 Å². The fraction of sp³-hybridized carbons (Fsp3) is 0.542. The smallest absolute Gasteiger partial charge is 0.269 e. The molecule has 1 saturated heterocycles. The number of hydrogen-bond acceptors (Lipinski definition) is 5. The largest absolute Gasteiger partial charge is 0.365 e. The molecule has 8 heteroatoms. The minimum Gasteiger partial charge on any atom is -0.365 e. The first-order valence-corrected chi connectivity index (χ1v) is 11.5. The maximum atomic E-state index is 14.6. The Morgan fingerprint density at radius 2 is 1.94 bits per heavy atom. The molecular weight excluding hydrogens is 409 g/mol. The third-order valence-electron chi connectivity index (χ3n) is 7.83. The number of nitrogens with zero attached hydrogens (tertiary/aromatic N) is 3. The van der Waals surface area contributed by atoms with Crippen LogP contribution in [0.25, 0.3) is 0 Å². The summed E-state index contributed by atoms with van der Waals surface area (Å²) in [6, 6.07) is 7.32. The molecule has 1 unspecified atom stereocenters. The van der Waals surface area contributed by atoms with Gasteiger partial charge in [0.25, 0.3) is 11.5 Å². The molecule has 0 aromatic carbocycles.